The van der Waals surface area contributed by atoms with Gasteiger partial charge in [0.25, 0.3) is 5.91 Å². The van der Waals surface area contributed by atoms with Gasteiger partial charge in [0.05, 0.1) is 5.56 Å². The molecule has 3 nitrogen and oxygen atoms in total. The number of aryl methyl sites for hydroxylation is 2. The summed E-state index contributed by atoms with van der Waals surface area (Å²) in [7, 11) is 0. The molecule has 22 heavy (non-hydrogen) atoms. The quantitative estimate of drug-likeness (QED) is 0.756. The normalized spacial score (nSPS) is 10.9. The van der Waals surface area contributed by atoms with Crippen LogP contribution in [0.5, 0.6) is 0 Å². The number of nitrogens with one attached hydrogen (secondary N) is 1. The summed E-state index contributed by atoms with van der Waals surface area (Å²) in [5.41, 5.74) is 4.97. The second-order valence-electron chi connectivity index (χ2n) is 5.55. The molecular weight excluding hydrogens is 272 g/mol. The Balaban J connectivity index is 2.01. The number of aromatic nitrogens is 1. The lowest BCUT2D eigenvalue weighted by molar-refractivity contribution is 0.102. The molecule has 3 aromatic rings. The van der Waals surface area contributed by atoms with Gasteiger partial charge in [-0.25, -0.2) is 0 Å². The van der Waals surface area contributed by atoms with Crippen LogP contribution in [0.2, 0.25) is 0 Å². The Morgan fingerprint density at radius 3 is 2.64 bits per heavy atom. The van der Waals surface area contributed by atoms with E-state index in [1.54, 1.807) is 0 Å². The summed E-state index contributed by atoms with van der Waals surface area (Å²) in [6, 6.07) is 14.0. The second kappa shape index (κ2) is 5.68. The Kier molecular flexibility index (Phi) is 3.72. The zero-order valence-electron chi connectivity index (χ0n) is 13.2. The lowest BCUT2D eigenvalue weighted by atomic mass is 10.1. The van der Waals surface area contributed by atoms with Gasteiger partial charge in [0.1, 0.15) is 0 Å². The summed E-state index contributed by atoms with van der Waals surface area (Å²) < 4.78 is 2.10. The van der Waals surface area contributed by atoms with Gasteiger partial charge < -0.3 is 9.88 Å². The first-order valence-electron chi connectivity index (χ1n) is 7.57. The van der Waals surface area contributed by atoms with Crippen LogP contribution in [0.1, 0.15) is 28.4 Å². The molecule has 0 radical (unpaired) electrons. The molecule has 2 aromatic carbocycles. The first-order chi connectivity index (χ1) is 10.6. The highest BCUT2D eigenvalue weighted by Crippen LogP contribution is 2.24. The molecule has 1 aromatic heterocycles. The van der Waals surface area contributed by atoms with Gasteiger partial charge in [-0.05, 0) is 44.0 Å². The lowest BCUT2D eigenvalue weighted by Crippen LogP contribution is -2.12. The number of carbonyl (C=O) groups is 1. The molecule has 0 atom stereocenters. The Labute approximate surface area is 130 Å². The summed E-state index contributed by atoms with van der Waals surface area (Å²) in [4.78, 5) is 12.7. The highest BCUT2D eigenvalue weighted by molar-refractivity contribution is 6.13. The number of nitrogens with zero attached hydrogens (tertiary/aromatic N) is 1. The van der Waals surface area contributed by atoms with E-state index in [0.717, 1.165) is 34.3 Å². The number of para-hydroxylation sites is 1. The molecule has 112 valence electrons. The monoisotopic (exact) mass is 292 g/mol. The molecule has 3 rings (SSSR count). The molecule has 0 aliphatic rings. The van der Waals surface area contributed by atoms with E-state index in [1.165, 1.54) is 5.56 Å². The second-order valence-corrected chi connectivity index (χ2v) is 5.55. The van der Waals surface area contributed by atoms with Gasteiger partial charge in [-0.15, -0.1) is 0 Å². The van der Waals surface area contributed by atoms with Crippen molar-refractivity contribution >= 4 is 22.5 Å². The average molecular weight is 292 g/mol. The van der Waals surface area contributed by atoms with Crippen LogP contribution < -0.4 is 5.32 Å². The first kappa shape index (κ1) is 14.4. The van der Waals surface area contributed by atoms with Gasteiger partial charge in [0, 0.05) is 29.3 Å². The zero-order valence-corrected chi connectivity index (χ0v) is 13.2. The number of anilines is 1. The third-order valence-corrected chi connectivity index (χ3v) is 4.23. The summed E-state index contributed by atoms with van der Waals surface area (Å²) in [5.74, 6) is -0.0582. The first-order valence-corrected chi connectivity index (χ1v) is 7.57. The van der Waals surface area contributed by atoms with E-state index in [1.807, 2.05) is 62.5 Å². The molecule has 1 heterocycles. The Morgan fingerprint density at radius 1 is 1.09 bits per heavy atom. The minimum Gasteiger partial charge on any atom is -0.347 e. The van der Waals surface area contributed by atoms with Crippen molar-refractivity contribution in [2.45, 2.75) is 27.3 Å². The smallest absolute Gasteiger partial charge is 0.257 e. The third kappa shape index (κ3) is 2.39. The third-order valence-electron chi connectivity index (χ3n) is 4.23. The predicted octanol–water partition coefficient (Wildman–Crippen LogP) is 4.53. The van der Waals surface area contributed by atoms with Crippen LogP contribution in [0.25, 0.3) is 10.9 Å². The molecule has 0 saturated carbocycles. The van der Waals surface area contributed by atoms with E-state index in [9.17, 15) is 4.79 Å². The summed E-state index contributed by atoms with van der Waals surface area (Å²) in [5, 5.41) is 4.04. The van der Waals surface area contributed by atoms with Crippen molar-refractivity contribution < 1.29 is 4.79 Å². The van der Waals surface area contributed by atoms with E-state index in [-0.39, 0.29) is 5.91 Å². The standard InChI is InChI=1S/C19H20N2O/c1-4-21-12-16(15-9-5-6-11-18(15)21)19(22)20-17-10-7-8-13(2)14(17)3/h5-12H,4H2,1-3H3,(H,20,22). The number of benzene rings is 2. The van der Waals surface area contributed by atoms with Gasteiger partial charge in [-0.2, -0.15) is 0 Å². The largest absolute Gasteiger partial charge is 0.347 e. The van der Waals surface area contributed by atoms with E-state index >= 15 is 0 Å². The summed E-state index contributed by atoms with van der Waals surface area (Å²) >= 11 is 0. The van der Waals surface area contributed by atoms with Crippen LogP contribution in [0.4, 0.5) is 5.69 Å². The van der Waals surface area contributed by atoms with Gasteiger partial charge in [-0.1, -0.05) is 30.3 Å². The zero-order chi connectivity index (χ0) is 15.7. The van der Waals surface area contributed by atoms with Crippen LogP contribution >= 0.6 is 0 Å². The number of rotatable bonds is 3. The van der Waals surface area contributed by atoms with Crippen molar-refractivity contribution in [1.29, 1.82) is 0 Å². The van der Waals surface area contributed by atoms with E-state index in [2.05, 4.69) is 16.8 Å². The van der Waals surface area contributed by atoms with Crippen LogP contribution in [-0.4, -0.2) is 10.5 Å². The Hall–Kier alpha value is -2.55. The fourth-order valence-electron chi connectivity index (χ4n) is 2.77. The van der Waals surface area contributed by atoms with Crippen molar-refractivity contribution in [1.82, 2.24) is 4.57 Å². The maximum absolute atomic E-state index is 12.7. The van der Waals surface area contributed by atoms with Crippen molar-refractivity contribution in [2.24, 2.45) is 0 Å². The molecule has 1 amide bonds. The van der Waals surface area contributed by atoms with Gasteiger partial charge in [0.2, 0.25) is 0 Å². The maximum Gasteiger partial charge on any atom is 0.257 e. The predicted molar refractivity (Wildman–Crippen MR) is 91.5 cm³/mol. The number of amides is 1. The molecule has 0 spiro atoms. The highest BCUT2D eigenvalue weighted by Gasteiger charge is 2.15. The summed E-state index contributed by atoms with van der Waals surface area (Å²) in [6.07, 6.45) is 1.94. The fraction of sp³-hybridized carbons (Fsp3) is 0.211. The average Bonchev–Trinajstić information content (AvgIpc) is 2.91. The van der Waals surface area contributed by atoms with Gasteiger partial charge >= 0.3 is 0 Å². The van der Waals surface area contributed by atoms with Crippen molar-refractivity contribution in [3.05, 3.63) is 65.4 Å². The summed E-state index contributed by atoms with van der Waals surface area (Å²) in [6.45, 7) is 7.00. The number of hydrogen-bond donors (Lipinski definition) is 1. The lowest BCUT2D eigenvalue weighted by Gasteiger charge is -2.09. The minimum absolute atomic E-state index is 0.0582. The topological polar surface area (TPSA) is 34.0 Å². The van der Waals surface area contributed by atoms with Gasteiger partial charge in [0.15, 0.2) is 0 Å². The van der Waals surface area contributed by atoms with Crippen molar-refractivity contribution in [3.8, 4) is 0 Å². The van der Waals surface area contributed by atoms with E-state index < -0.39 is 0 Å². The molecule has 0 saturated heterocycles. The molecule has 0 fully saturated rings. The van der Waals surface area contributed by atoms with Crippen LogP contribution in [-0.2, 0) is 6.54 Å². The highest BCUT2D eigenvalue weighted by atomic mass is 16.1. The Morgan fingerprint density at radius 2 is 1.86 bits per heavy atom. The number of hydrogen-bond acceptors (Lipinski definition) is 1. The van der Waals surface area contributed by atoms with E-state index in [4.69, 9.17) is 0 Å². The van der Waals surface area contributed by atoms with Gasteiger partial charge in [-0.3, -0.25) is 4.79 Å². The van der Waals surface area contributed by atoms with Crippen molar-refractivity contribution in [2.75, 3.05) is 5.32 Å². The fourth-order valence-corrected chi connectivity index (χ4v) is 2.77. The maximum atomic E-state index is 12.7. The Bertz CT molecular complexity index is 846. The molecule has 1 N–H and O–H groups in total. The van der Waals surface area contributed by atoms with E-state index in [0.29, 0.717) is 0 Å². The molecule has 3 heteroatoms. The molecule has 0 aliphatic heterocycles. The number of carbonyl (C=O) groups excluding carboxylic acids is 1. The molecule has 0 aliphatic carbocycles. The molecular formula is C19H20N2O. The molecule has 0 bridgehead atoms. The van der Waals surface area contributed by atoms with Crippen LogP contribution in [0.15, 0.2) is 48.7 Å². The SMILES string of the molecule is CCn1cc(C(=O)Nc2cccc(C)c2C)c2ccccc21. The van der Waals surface area contributed by atoms with Crippen LogP contribution in [0, 0.1) is 13.8 Å². The van der Waals surface area contributed by atoms with Crippen LogP contribution in [0.3, 0.4) is 0 Å². The molecule has 0 unspecified atom stereocenters. The minimum atomic E-state index is -0.0582. The number of fused-ring (bicyclic) bond motifs is 1. The van der Waals surface area contributed by atoms with Crippen molar-refractivity contribution in [3.63, 3.8) is 0 Å².